The van der Waals surface area contributed by atoms with Crippen LogP contribution in [0.5, 0.6) is 5.75 Å². The maximum absolute atomic E-state index is 12.7. The molecular formula is C22H18Cl2N2O5. The van der Waals surface area contributed by atoms with Gasteiger partial charge in [0.15, 0.2) is 0 Å². The van der Waals surface area contributed by atoms with Crippen LogP contribution in [0.1, 0.15) is 25.7 Å². The van der Waals surface area contributed by atoms with Gasteiger partial charge < -0.3 is 9.64 Å². The van der Waals surface area contributed by atoms with Crippen LogP contribution in [0.2, 0.25) is 10.0 Å². The summed E-state index contributed by atoms with van der Waals surface area (Å²) in [4.78, 5) is 52.0. The number of imide groups is 1. The van der Waals surface area contributed by atoms with Crippen molar-refractivity contribution in [3.63, 3.8) is 0 Å². The highest BCUT2D eigenvalue weighted by Gasteiger charge is 2.37. The van der Waals surface area contributed by atoms with Crippen molar-refractivity contribution in [2.75, 3.05) is 16.3 Å². The van der Waals surface area contributed by atoms with E-state index in [1.807, 2.05) is 0 Å². The molecule has 0 aliphatic carbocycles. The maximum Gasteiger partial charge on any atom is 0.316 e. The third-order valence-electron chi connectivity index (χ3n) is 5.25. The highest BCUT2D eigenvalue weighted by molar-refractivity contribution is 6.44. The number of halogens is 2. The van der Waals surface area contributed by atoms with Crippen LogP contribution >= 0.6 is 23.2 Å². The lowest BCUT2D eigenvalue weighted by atomic mass is 10.1. The summed E-state index contributed by atoms with van der Waals surface area (Å²) in [5.74, 6) is -1.90. The standard InChI is InChI=1S/C22H18Cl2N2O5/c23-16-6-2-7-17(21(16)24)25-12-13(10-20(25)29)22(30)31-15-5-1-4-14(11-15)26-18(27)8-3-9-19(26)28/h1-2,4-7,11,13H,3,8-10,12H2/t13-/m0/s1. The van der Waals surface area contributed by atoms with Crippen molar-refractivity contribution >= 4 is 58.3 Å². The topological polar surface area (TPSA) is 84.0 Å². The molecular weight excluding hydrogens is 443 g/mol. The number of ether oxygens (including phenoxy) is 1. The van der Waals surface area contributed by atoms with Gasteiger partial charge in [0, 0.05) is 31.9 Å². The zero-order chi connectivity index (χ0) is 22.1. The van der Waals surface area contributed by atoms with Crippen molar-refractivity contribution in [2.45, 2.75) is 25.7 Å². The lowest BCUT2D eigenvalue weighted by Crippen LogP contribution is -2.40. The zero-order valence-corrected chi connectivity index (χ0v) is 17.9. The molecule has 0 bridgehead atoms. The van der Waals surface area contributed by atoms with Crippen LogP contribution in [0.15, 0.2) is 42.5 Å². The van der Waals surface area contributed by atoms with Gasteiger partial charge in [-0.3, -0.25) is 24.1 Å². The smallest absolute Gasteiger partial charge is 0.316 e. The van der Waals surface area contributed by atoms with Crippen LogP contribution < -0.4 is 14.5 Å². The number of carbonyl (C=O) groups excluding carboxylic acids is 4. The summed E-state index contributed by atoms with van der Waals surface area (Å²) >= 11 is 12.2. The Balaban J connectivity index is 1.48. The molecule has 0 spiro atoms. The van der Waals surface area contributed by atoms with Gasteiger partial charge in [-0.15, -0.1) is 0 Å². The summed E-state index contributed by atoms with van der Waals surface area (Å²) < 4.78 is 5.46. The molecule has 0 N–H and O–H groups in total. The van der Waals surface area contributed by atoms with Crippen LogP contribution in [0.4, 0.5) is 11.4 Å². The number of piperidine rings is 1. The fraction of sp³-hybridized carbons (Fsp3) is 0.273. The number of hydrogen-bond acceptors (Lipinski definition) is 5. The summed E-state index contributed by atoms with van der Waals surface area (Å²) in [5, 5.41) is 0.562. The summed E-state index contributed by atoms with van der Waals surface area (Å²) in [6.07, 6.45) is 1.10. The molecule has 31 heavy (non-hydrogen) atoms. The van der Waals surface area contributed by atoms with Gasteiger partial charge in [-0.25, -0.2) is 0 Å². The van der Waals surface area contributed by atoms with Gasteiger partial charge in [0.1, 0.15) is 5.75 Å². The van der Waals surface area contributed by atoms with Gasteiger partial charge in [0.05, 0.1) is 27.3 Å². The first kappa shape index (κ1) is 21.3. The summed E-state index contributed by atoms with van der Waals surface area (Å²) in [6, 6.07) is 11.2. The molecule has 0 aromatic heterocycles. The van der Waals surface area contributed by atoms with E-state index in [9.17, 15) is 19.2 Å². The van der Waals surface area contributed by atoms with Gasteiger partial charge in [0.25, 0.3) is 0 Å². The largest absolute Gasteiger partial charge is 0.426 e. The summed E-state index contributed by atoms with van der Waals surface area (Å²) in [5.41, 5.74) is 0.799. The zero-order valence-electron chi connectivity index (χ0n) is 16.3. The Morgan fingerprint density at radius 1 is 0.968 bits per heavy atom. The molecule has 7 nitrogen and oxygen atoms in total. The molecule has 9 heteroatoms. The number of rotatable bonds is 4. The number of carbonyl (C=O) groups is 4. The lowest BCUT2D eigenvalue weighted by molar-refractivity contribution is -0.139. The SMILES string of the molecule is O=C(Oc1cccc(N2C(=O)CCCC2=O)c1)[C@H]1CC(=O)N(c2cccc(Cl)c2Cl)C1. The Hall–Kier alpha value is -2.90. The summed E-state index contributed by atoms with van der Waals surface area (Å²) in [6.45, 7) is 0.112. The van der Waals surface area contributed by atoms with Gasteiger partial charge in [-0.1, -0.05) is 35.3 Å². The van der Waals surface area contributed by atoms with Crippen LogP contribution in [0, 0.1) is 5.92 Å². The predicted molar refractivity (Wildman–Crippen MR) is 115 cm³/mol. The molecule has 2 aliphatic heterocycles. The average Bonchev–Trinajstić information content (AvgIpc) is 3.12. The number of nitrogens with zero attached hydrogens (tertiary/aromatic N) is 2. The van der Waals surface area contributed by atoms with E-state index < -0.39 is 11.9 Å². The minimum absolute atomic E-state index is 0.0234. The Labute approximate surface area is 188 Å². The van der Waals surface area contributed by atoms with E-state index >= 15 is 0 Å². The fourth-order valence-electron chi connectivity index (χ4n) is 3.73. The summed E-state index contributed by atoms with van der Waals surface area (Å²) in [7, 11) is 0. The first-order valence-electron chi connectivity index (χ1n) is 9.77. The second-order valence-electron chi connectivity index (χ2n) is 7.37. The van der Waals surface area contributed by atoms with Gasteiger partial charge >= 0.3 is 5.97 Å². The Morgan fingerprint density at radius 2 is 1.68 bits per heavy atom. The molecule has 2 aromatic carbocycles. The van der Waals surface area contributed by atoms with Gasteiger partial charge in [-0.05, 0) is 30.7 Å². The van der Waals surface area contributed by atoms with Gasteiger partial charge in [-0.2, -0.15) is 0 Å². The fourth-order valence-corrected chi connectivity index (χ4v) is 4.12. The molecule has 2 heterocycles. The predicted octanol–water partition coefficient (Wildman–Crippen LogP) is 4.00. The number of amides is 3. The number of anilines is 2. The van der Waals surface area contributed by atoms with E-state index in [1.54, 1.807) is 36.4 Å². The minimum atomic E-state index is -0.690. The van der Waals surface area contributed by atoms with Crippen molar-refractivity contribution in [3.8, 4) is 5.75 Å². The van der Waals surface area contributed by atoms with E-state index in [0.29, 0.717) is 35.7 Å². The molecule has 0 saturated carbocycles. The van der Waals surface area contributed by atoms with Crippen molar-refractivity contribution in [3.05, 3.63) is 52.5 Å². The normalized spacial score (nSPS) is 19.2. The Bertz CT molecular complexity index is 1070. The van der Waals surface area contributed by atoms with Crippen molar-refractivity contribution in [1.82, 2.24) is 0 Å². The molecule has 1 atom stereocenters. The van der Waals surface area contributed by atoms with E-state index in [4.69, 9.17) is 27.9 Å². The van der Waals surface area contributed by atoms with Crippen LogP contribution in [-0.4, -0.2) is 30.2 Å². The molecule has 2 saturated heterocycles. The molecule has 2 aromatic rings. The third kappa shape index (κ3) is 4.29. The van der Waals surface area contributed by atoms with Crippen LogP contribution in [-0.2, 0) is 19.2 Å². The molecule has 3 amide bonds. The molecule has 0 radical (unpaired) electrons. The molecule has 4 rings (SSSR count). The van der Waals surface area contributed by atoms with E-state index in [2.05, 4.69) is 0 Å². The number of hydrogen-bond donors (Lipinski definition) is 0. The first-order valence-corrected chi connectivity index (χ1v) is 10.5. The second-order valence-corrected chi connectivity index (χ2v) is 8.16. The van der Waals surface area contributed by atoms with E-state index in [-0.39, 0.29) is 41.5 Å². The van der Waals surface area contributed by atoms with E-state index in [0.717, 1.165) is 4.90 Å². The van der Waals surface area contributed by atoms with Crippen molar-refractivity contribution in [2.24, 2.45) is 5.92 Å². The monoisotopic (exact) mass is 460 g/mol. The van der Waals surface area contributed by atoms with Gasteiger partial charge in [0.2, 0.25) is 17.7 Å². The highest BCUT2D eigenvalue weighted by atomic mass is 35.5. The molecule has 160 valence electrons. The van der Waals surface area contributed by atoms with Crippen LogP contribution in [0.25, 0.3) is 0 Å². The maximum atomic E-state index is 12.7. The first-order chi connectivity index (χ1) is 14.8. The van der Waals surface area contributed by atoms with Crippen LogP contribution in [0.3, 0.4) is 0 Å². The molecule has 2 fully saturated rings. The molecule has 0 unspecified atom stereocenters. The average molecular weight is 461 g/mol. The van der Waals surface area contributed by atoms with Crippen molar-refractivity contribution < 1.29 is 23.9 Å². The lowest BCUT2D eigenvalue weighted by Gasteiger charge is -2.25. The Morgan fingerprint density at radius 3 is 2.42 bits per heavy atom. The van der Waals surface area contributed by atoms with E-state index in [1.165, 1.54) is 11.0 Å². The highest BCUT2D eigenvalue weighted by Crippen LogP contribution is 2.36. The quantitative estimate of drug-likeness (QED) is 0.391. The number of benzene rings is 2. The van der Waals surface area contributed by atoms with Crippen molar-refractivity contribution in [1.29, 1.82) is 0 Å². The second kappa shape index (κ2) is 8.69. The third-order valence-corrected chi connectivity index (χ3v) is 6.06. The number of esters is 1. The Kier molecular flexibility index (Phi) is 5.98. The molecule has 2 aliphatic rings. The minimum Gasteiger partial charge on any atom is -0.426 e.